The van der Waals surface area contributed by atoms with Crippen molar-refractivity contribution in [3.05, 3.63) is 0 Å². The topological polar surface area (TPSA) is 63.7 Å². The molecule has 2 saturated heterocycles. The van der Waals surface area contributed by atoms with Crippen LogP contribution in [0.3, 0.4) is 0 Å². The lowest BCUT2D eigenvalue weighted by Gasteiger charge is -2.40. The van der Waals surface area contributed by atoms with Crippen LogP contribution in [0.25, 0.3) is 0 Å². The minimum atomic E-state index is -3.52. The lowest BCUT2D eigenvalue weighted by atomic mass is 9.88. The molecule has 2 aliphatic rings. The van der Waals surface area contributed by atoms with Crippen molar-refractivity contribution < 1.29 is 17.9 Å². The van der Waals surface area contributed by atoms with Gasteiger partial charge >= 0.3 is 0 Å². The quantitative estimate of drug-likeness (QED) is 0.702. The summed E-state index contributed by atoms with van der Waals surface area (Å²) in [6, 6.07) is 0. The van der Waals surface area contributed by atoms with Crippen LogP contribution in [0.4, 0.5) is 0 Å². The average molecular weight is 282 g/mol. The third kappa shape index (κ3) is 3.33. The maximum atomic E-state index is 11.7. The predicted molar refractivity (Wildman–Crippen MR) is 63.3 cm³/mol. The zero-order valence-corrected chi connectivity index (χ0v) is 11.3. The van der Waals surface area contributed by atoms with Gasteiger partial charge in [-0.15, -0.1) is 0 Å². The van der Waals surface area contributed by atoms with Crippen LogP contribution < -0.4 is 0 Å². The third-order valence-electron chi connectivity index (χ3n) is 3.20. The van der Waals surface area contributed by atoms with Gasteiger partial charge in [0.15, 0.2) is 0 Å². The number of likely N-dealkylation sites (tertiary alicyclic amines) is 1. The van der Waals surface area contributed by atoms with Crippen molar-refractivity contribution in [2.75, 3.05) is 32.1 Å². The Morgan fingerprint density at radius 1 is 1.53 bits per heavy atom. The van der Waals surface area contributed by atoms with Gasteiger partial charge in [-0.3, -0.25) is 4.79 Å². The van der Waals surface area contributed by atoms with Crippen LogP contribution in [-0.2, 0) is 18.6 Å². The number of ether oxygens (including phenoxy) is 1. The van der Waals surface area contributed by atoms with Crippen LogP contribution in [0.15, 0.2) is 0 Å². The van der Waals surface area contributed by atoms with Crippen LogP contribution in [0.1, 0.15) is 13.3 Å². The third-order valence-corrected chi connectivity index (χ3v) is 4.45. The van der Waals surface area contributed by atoms with Crippen molar-refractivity contribution in [1.82, 2.24) is 4.90 Å². The average Bonchev–Trinajstić information content (AvgIpc) is 2.41. The monoisotopic (exact) mass is 281 g/mol. The molecule has 17 heavy (non-hydrogen) atoms. The summed E-state index contributed by atoms with van der Waals surface area (Å²) >= 11 is 0. The number of rotatable bonds is 4. The molecule has 0 saturated carbocycles. The molecule has 0 bridgehead atoms. The molecule has 0 radical (unpaired) electrons. The minimum absolute atomic E-state index is 0.0171. The second-order valence-corrected chi connectivity index (χ2v) is 8.17. The van der Waals surface area contributed by atoms with Gasteiger partial charge in [-0.05, 0) is 0 Å². The summed E-state index contributed by atoms with van der Waals surface area (Å²) in [5.74, 6) is -0.276. The SMILES string of the molecule is CC1(CN2CC(CS(=O)(=O)Cl)CC2=O)COC1. The van der Waals surface area contributed by atoms with Gasteiger partial charge in [-0.1, -0.05) is 6.92 Å². The highest BCUT2D eigenvalue weighted by Crippen LogP contribution is 2.30. The molecule has 0 N–H and O–H groups in total. The van der Waals surface area contributed by atoms with Crippen LogP contribution in [-0.4, -0.2) is 51.3 Å². The van der Waals surface area contributed by atoms with E-state index in [0.29, 0.717) is 26.3 Å². The Morgan fingerprint density at radius 3 is 2.65 bits per heavy atom. The van der Waals surface area contributed by atoms with E-state index in [9.17, 15) is 13.2 Å². The first kappa shape index (κ1) is 13.1. The minimum Gasteiger partial charge on any atom is -0.380 e. The summed E-state index contributed by atoms with van der Waals surface area (Å²) in [4.78, 5) is 13.5. The van der Waals surface area contributed by atoms with Gasteiger partial charge in [0.2, 0.25) is 15.0 Å². The highest BCUT2D eigenvalue weighted by atomic mass is 35.7. The van der Waals surface area contributed by atoms with Crippen molar-refractivity contribution >= 4 is 25.6 Å². The zero-order chi connectivity index (χ0) is 12.7. The Balaban J connectivity index is 1.91. The molecule has 2 fully saturated rings. The summed E-state index contributed by atoms with van der Waals surface area (Å²) in [6.45, 7) is 4.52. The first-order chi connectivity index (χ1) is 7.77. The van der Waals surface area contributed by atoms with Crippen LogP contribution >= 0.6 is 10.7 Å². The lowest BCUT2D eigenvalue weighted by Crippen LogP contribution is -2.49. The standard InChI is InChI=1S/C10H16ClNO4S/c1-10(6-16-7-10)5-12-3-8(2-9(12)13)4-17(11,14)15/h8H,2-7H2,1H3. The zero-order valence-electron chi connectivity index (χ0n) is 9.69. The van der Waals surface area contributed by atoms with E-state index in [1.54, 1.807) is 4.90 Å². The summed E-state index contributed by atoms with van der Waals surface area (Å²) in [5, 5.41) is 0. The molecule has 1 atom stereocenters. The van der Waals surface area contributed by atoms with Crippen molar-refractivity contribution in [2.45, 2.75) is 13.3 Å². The van der Waals surface area contributed by atoms with Gasteiger partial charge in [-0.25, -0.2) is 8.42 Å². The number of hydrogen-bond donors (Lipinski definition) is 0. The van der Waals surface area contributed by atoms with E-state index < -0.39 is 9.05 Å². The molecule has 2 aliphatic heterocycles. The second kappa shape index (κ2) is 4.40. The van der Waals surface area contributed by atoms with E-state index in [-0.39, 0.29) is 29.4 Å². The highest BCUT2D eigenvalue weighted by Gasteiger charge is 2.40. The van der Waals surface area contributed by atoms with E-state index in [0.717, 1.165) is 0 Å². The smallest absolute Gasteiger partial charge is 0.232 e. The Kier molecular flexibility index (Phi) is 3.40. The van der Waals surface area contributed by atoms with Crippen molar-refractivity contribution in [1.29, 1.82) is 0 Å². The van der Waals surface area contributed by atoms with Crippen LogP contribution in [0.5, 0.6) is 0 Å². The summed E-state index contributed by atoms with van der Waals surface area (Å²) in [5.41, 5.74) is 0.0321. The molecule has 0 aromatic rings. The number of halogens is 1. The molecule has 2 rings (SSSR count). The van der Waals surface area contributed by atoms with Gasteiger partial charge in [-0.2, -0.15) is 0 Å². The van der Waals surface area contributed by atoms with Gasteiger partial charge in [0.25, 0.3) is 0 Å². The summed E-state index contributed by atoms with van der Waals surface area (Å²) < 4.78 is 27.1. The lowest BCUT2D eigenvalue weighted by molar-refractivity contribution is -0.140. The molecule has 0 aromatic heterocycles. The Morgan fingerprint density at radius 2 is 2.18 bits per heavy atom. The Hall–Kier alpha value is -0.330. The Labute approximate surface area is 105 Å². The van der Waals surface area contributed by atoms with E-state index >= 15 is 0 Å². The maximum absolute atomic E-state index is 11.7. The predicted octanol–water partition coefficient (Wildman–Crippen LogP) is 0.440. The largest absolute Gasteiger partial charge is 0.380 e. The number of carbonyl (C=O) groups is 1. The molecule has 0 aliphatic carbocycles. The van der Waals surface area contributed by atoms with Gasteiger partial charge in [0.05, 0.1) is 19.0 Å². The fourth-order valence-corrected chi connectivity index (χ4v) is 3.72. The molecule has 1 amide bonds. The van der Waals surface area contributed by atoms with Gasteiger partial charge in [0, 0.05) is 41.5 Å². The number of carbonyl (C=O) groups excluding carboxylic acids is 1. The normalized spacial score (nSPS) is 28.2. The van der Waals surface area contributed by atoms with Gasteiger partial charge in [0.1, 0.15) is 0 Å². The van der Waals surface area contributed by atoms with Crippen LogP contribution in [0.2, 0.25) is 0 Å². The van der Waals surface area contributed by atoms with E-state index in [2.05, 4.69) is 6.92 Å². The number of hydrogen-bond acceptors (Lipinski definition) is 4. The summed E-state index contributed by atoms with van der Waals surface area (Å²) in [7, 11) is 1.68. The molecule has 1 unspecified atom stereocenters. The van der Waals surface area contributed by atoms with Crippen molar-refractivity contribution in [3.63, 3.8) is 0 Å². The maximum Gasteiger partial charge on any atom is 0.232 e. The first-order valence-corrected chi connectivity index (χ1v) is 8.03. The van der Waals surface area contributed by atoms with E-state index in [1.165, 1.54) is 0 Å². The van der Waals surface area contributed by atoms with E-state index in [1.807, 2.05) is 0 Å². The first-order valence-electron chi connectivity index (χ1n) is 5.55. The van der Waals surface area contributed by atoms with Crippen molar-refractivity contribution in [3.8, 4) is 0 Å². The molecule has 98 valence electrons. The van der Waals surface area contributed by atoms with Crippen LogP contribution in [0, 0.1) is 11.3 Å². The van der Waals surface area contributed by atoms with E-state index in [4.69, 9.17) is 15.4 Å². The number of amides is 1. The van der Waals surface area contributed by atoms with Crippen molar-refractivity contribution in [2.24, 2.45) is 11.3 Å². The molecule has 5 nitrogen and oxygen atoms in total. The summed E-state index contributed by atoms with van der Waals surface area (Å²) in [6.07, 6.45) is 0.281. The molecular weight excluding hydrogens is 266 g/mol. The molecule has 0 spiro atoms. The molecule has 2 heterocycles. The fourth-order valence-electron chi connectivity index (χ4n) is 2.40. The second-order valence-electron chi connectivity index (χ2n) is 5.35. The molecule has 0 aromatic carbocycles. The van der Waals surface area contributed by atoms with Gasteiger partial charge < -0.3 is 9.64 Å². The Bertz CT molecular complexity index is 418. The molecular formula is C10H16ClNO4S. The highest BCUT2D eigenvalue weighted by molar-refractivity contribution is 8.13. The fraction of sp³-hybridized carbons (Fsp3) is 0.900. The number of nitrogens with zero attached hydrogens (tertiary/aromatic N) is 1. The molecule has 7 heteroatoms.